The van der Waals surface area contributed by atoms with Crippen molar-refractivity contribution in [1.82, 2.24) is 19.5 Å². The maximum atomic E-state index is 13.3. The quantitative estimate of drug-likeness (QED) is 0.676. The normalized spacial score (nSPS) is 15.4. The fraction of sp³-hybridized carbons (Fsp3) is 0.312. The van der Waals surface area contributed by atoms with Gasteiger partial charge in [0.1, 0.15) is 17.8 Å². The number of hydrogen-bond acceptors (Lipinski definition) is 5. The van der Waals surface area contributed by atoms with Gasteiger partial charge in [0.05, 0.1) is 5.39 Å². The van der Waals surface area contributed by atoms with E-state index in [0.717, 1.165) is 48.7 Å². The molecule has 4 rings (SSSR count). The minimum atomic E-state index is -0.438. The lowest BCUT2D eigenvalue weighted by atomic mass is 10.2. The topological polar surface area (TPSA) is 50.1 Å². The Bertz CT molecular complexity index is 837. The van der Waals surface area contributed by atoms with Gasteiger partial charge in [-0.15, -0.1) is 0 Å². The second-order valence-corrected chi connectivity index (χ2v) is 5.67. The highest BCUT2D eigenvalue weighted by molar-refractivity contribution is 5.87. The molecule has 0 atom stereocenters. The second kappa shape index (κ2) is 5.49. The Morgan fingerprint density at radius 2 is 1.78 bits per heavy atom. The van der Waals surface area contributed by atoms with Crippen molar-refractivity contribution in [2.45, 2.75) is 0 Å². The Kier molecular flexibility index (Phi) is 3.33. The SMILES string of the molecule is Cn1ccc2c(N3CCN(c4ccnc(F)c4)CC3)ncnc21. The molecule has 7 heteroatoms. The minimum Gasteiger partial charge on any atom is -0.368 e. The van der Waals surface area contributed by atoms with Crippen molar-refractivity contribution in [1.29, 1.82) is 0 Å². The number of anilines is 2. The van der Waals surface area contributed by atoms with Crippen molar-refractivity contribution in [2.75, 3.05) is 36.0 Å². The maximum absolute atomic E-state index is 13.3. The summed E-state index contributed by atoms with van der Waals surface area (Å²) in [7, 11) is 1.98. The molecule has 1 aliphatic rings. The summed E-state index contributed by atoms with van der Waals surface area (Å²) in [6.45, 7) is 3.32. The van der Waals surface area contributed by atoms with E-state index in [9.17, 15) is 4.39 Å². The van der Waals surface area contributed by atoms with Gasteiger partial charge in [0, 0.05) is 57.4 Å². The molecular formula is C16H17FN6. The number of aromatic nitrogens is 4. The van der Waals surface area contributed by atoms with Gasteiger partial charge in [0.15, 0.2) is 0 Å². The summed E-state index contributed by atoms with van der Waals surface area (Å²) in [5, 5.41) is 1.07. The van der Waals surface area contributed by atoms with Crippen LogP contribution in [-0.4, -0.2) is 45.7 Å². The van der Waals surface area contributed by atoms with E-state index < -0.39 is 5.95 Å². The lowest BCUT2D eigenvalue weighted by Gasteiger charge is -2.36. The van der Waals surface area contributed by atoms with Crippen molar-refractivity contribution < 1.29 is 4.39 Å². The van der Waals surface area contributed by atoms with E-state index in [0.29, 0.717) is 0 Å². The lowest BCUT2D eigenvalue weighted by Crippen LogP contribution is -2.47. The highest BCUT2D eigenvalue weighted by Crippen LogP contribution is 2.25. The summed E-state index contributed by atoms with van der Waals surface area (Å²) in [6, 6.07) is 5.38. The summed E-state index contributed by atoms with van der Waals surface area (Å²) >= 11 is 0. The van der Waals surface area contributed by atoms with Crippen molar-refractivity contribution in [3.05, 3.63) is 42.9 Å². The van der Waals surface area contributed by atoms with Crippen molar-refractivity contribution in [2.24, 2.45) is 7.05 Å². The van der Waals surface area contributed by atoms with Gasteiger partial charge < -0.3 is 14.4 Å². The lowest BCUT2D eigenvalue weighted by molar-refractivity contribution is 0.580. The summed E-state index contributed by atoms with van der Waals surface area (Å²) in [5.74, 6) is 0.530. The van der Waals surface area contributed by atoms with Crippen molar-refractivity contribution in [3.63, 3.8) is 0 Å². The molecule has 118 valence electrons. The Hall–Kier alpha value is -2.70. The first kappa shape index (κ1) is 13.9. The number of nitrogens with zero attached hydrogens (tertiary/aromatic N) is 6. The molecule has 23 heavy (non-hydrogen) atoms. The molecule has 3 aromatic rings. The molecular weight excluding hydrogens is 295 g/mol. The zero-order valence-corrected chi connectivity index (χ0v) is 12.9. The van der Waals surface area contributed by atoms with E-state index in [4.69, 9.17) is 0 Å². The summed E-state index contributed by atoms with van der Waals surface area (Å²) in [5.41, 5.74) is 1.82. The minimum absolute atomic E-state index is 0.438. The Morgan fingerprint density at radius 1 is 1.00 bits per heavy atom. The zero-order valence-electron chi connectivity index (χ0n) is 12.9. The number of rotatable bonds is 2. The van der Waals surface area contributed by atoms with Gasteiger partial charge in [-0.2, -0.15) is 4.39 Å². The summed E-state index contributed by atoms with van der Waals surface area (Å²) < 4.78 is 15.3. The first-order valence-electron chi connectivity index (χ1n) is 7.60. The molecule has 6 nitrogen and oxygen atoms in total. The van der Waals surface area contributed by atoms with E-state index in [-0.39, 0.29) is 0 Å². The molecule has 4 heterocycles. The van der Waals surface area contributed by atoms with E-state index >= 15 is 0 Å². The maximum Gasteiger partial charge on any atom is 0.214 e. The Labute approximate surface area is 133 Å². The number of halogens is 1. The molecule has 0 saturated carbocycles. The van der Waals surface area contributed by atoms with E-state index in [1.165, 1.54) is 12.3 Å². The number of piperazine rings is 1. The van der Waals surface area contributed by atoms with Crippen LogP contribution in [0.4, 0.5) is 15.9 Å². The molecule has 1 aliphatic heterocycles. The van der Waals surface area contributed by atoms with E-state index in [1.54, 1.807) is 6.33 Å². The molecule has 0 aliphatic carbocycles. The first-order valence-corrected chi connectivity index (χ1v) is 7.60. The van der Waals surface area contributed by atoms with Crippen LogP contribution in [-0.2, 0) is 7.05 Å². The van der Waals surface area contributed by atoms with Crippen LogP contribution in [0.15, 0.2) is 36.9 Å². The molecule has 1 fully saturated rings. The predicted molar refractivity (Wildman–Crippen MR) is 87.1 cm³/mol. The van der Waals surface area contributed by atoms with Gasteiger partial charge in [0.25, 0.3) is 0 Å². The third kappa shape index (κ3) is 2.48. The van der Waals surface area contributed by atoms with Gasteiger partial charge in [0.2, 0.25) is 5.95 Å². The number of hydrogen-bond donors (Lipinski definition) is 0. The molecule has 3 aromatic heterocycles. The van der Waals surface area contributed by atoms with Crippen molar-refractivity contribution in [3.8, 4) is 0 Å². The van der Waals surface area contributed by atoms with Crippen LogP contribution in [0.1, 0.15) is 0 Å². The highest BCUT2D eigenvalue weighted by Gasteiger charge is 2.21. The van der Waals surface area contributed by atoms with Crippen LogP contribution >= 0.6 is 0 Å². The third-order valence-electron chi connectivity index (χ3n) is 4.30. The monoisotopic (exact) mass is 312 g/mol. The standard InChI is InChI=1S/C16H17FN6/c1-21-5-3-13-15(21)19-11-20-16(13)23-8-6-22(7-9-23)12-2-4-18-14(17)10-12/h2-5,10-11H,6-9H2,1H3. The number of pyridine rings is 1. The molecule has 0 bridgehead atoms. The summed E-state index contributed by atoms with van der Waals surface area (Å²) in [6.07, 6.45) is 5.12. The number of aryl methyl sites for hydroxylation is 1. The molecule has 0 radical (unpaired) electrons. The molecule has 0 unspecified atom stereocenters. The average molecular weight is 312 g/mol. The first-order chi connectivity index (χ1) is 11.2. The van der Waals surface area contributed by atoms with Gasteiger partial charge in [-0.1, -0.05) is 0 Å². The van der Waals surface area contributed by atoms with Crippen LogP contribution < -0.4 is 9.80 Å². The fourth-order valence-corrected chi connectivity index (χ4v) is 3.08. The molecule has 0 aromatic carbocycles. The van der Waals surface area contributed by atoms with Gasteiger partial charge >= 0.3 is 0 Å². The third-order valence-corrected chi connectivity index (χ3v) is 4.30. The summed E-state index contributed by atoms with van der Waals surface area (Å²) in [4.78, 5) is 16.8. The molecule has 0 amide bonds. The number of fused-ring (bicyclic) bond motifs is 1. The Morgan fingerprint density at radius 3 is 2.57 bits per heavy atom. The average Bonchev–Trinajstić information content (AvgIpc) is 2.97. The van der Waals surface area contributed by atoms with Gasteiger partial charge in [-0.3, -0.25) is 0 Å². The molecule has 0 N–H and O–H groups in total. The Balaban J connectivity index is 1.55. The smallest absolute Gasteiger partial charge is 0.214 e. The molecule has 1 saturated heterocycles. The fourth-order valence-electron chi connectivity index (χ4n) is 3.08. The van der Waals surface area contributed by atoms with Gasteiger partial charge in [-0.25, -0.2) is 15.0 Å². The predicted octanol–water partition coefficient (Wildman–Crippen LogP) is 1.83. The van der Waals surface area contributed by atoms with Crippen LogP contribution in [0, 0.1) is 5.95 Å². The van der Waals surface area contributed by atoms with E-state index in [1.807, 2.05) is 23.9 Å². The van der Waals surface area contributed by atoms with Crippen LogP contribution in [0.2, 0.25) is 0 Å². The molecule has 0 spiro atoms. The largest absolute Gasteiger partial charge is 0.368 e. The van der Waals surface area contributed by atoms with Crippen LogP contribution in [0.3, 0.4) is 0 Å². The zero-order chi connectivity index (χ0) is 15.8. The van der Waals surface area contributed by atoms with Gasteiger partial charge in [-0.05, 0) is 12.1 Å². The van der Waals surface area contributed by atoms with Crippen molar-refractivity contribution >= 4 is 22.5 Å². The van der Waals surface area contributed by atoms with Crippen LogP contribution in [0.5, 0.6) is 0 Å². The highest BCUT2D eigenvalue weighted by atomic mass is 19.1. The second-order valence-electron chi connectivity index (χ2n) is 5.67. The van der Waals surface area contributed by atoms with Crippen LogP contribution in [0.25, 0.3) is 11.0 Å². The van der Waals surface area contributed by atoms with E-state index in [2.05, 4.69) is 30.8 Å².